The molecule has 0 aliphatic rings. The topological polar surface area (TPSA) is 38.3 Å². The predicted octanol–water partition coefficient (Wildman–Crippen LogP) is 6.59. The molecule has 0 saturated heterocycles. The second-order valence-corrected chi connectivity index (χ2v) is 9.29. The first-order valence-electron chi connectivity index (χ1n) is 9.81. The Morgan fingerprint density at radius 1 is 0.793 bits per heavy atom. The third-order valence-corrected chi connectivity index (χ3v) is 7.77. The van der Waals surface area contributed by atoms with Crippen molar-refractivity contribution in [2.75, 3.05) is 11.9 Å². The number of para-hydroxylation sites is 1. The number of hydrogen-bond donors (Lipinski definition) is 1. The molecule has 0 saturated carbocycles. The Bertz CT molecular complexity index is 1120. The van der Waals surface area contributed by atoms with Crippen molar-refractivity contribution in [2.45, 2.75) is 12.7 Å². The van der Waals surface area contributed by atoms with Gasteiger partial charge in [-0.25, -0.2) is 0 Å². The van der Waals surface area contributed by atoms with Crippen LogP contribution in [0, 0.1) is 0 Å². The van der Waals surface area contributed by atoms with Crippen LogP contribution in [0.25, 0.3) is 10.8 Å². The third-order valence-electron chi connectivity index (χ3n) is 4.96. The zero-order valence-corrected chi connectivity index (χ0v) is 17.3. The van der Waals surface area contributed by atoms with E-state index in [0.29, 0.717) is 6.61 Å². The summed E-state index contributed by atoms with van der Waals surface area (Å²) in [4.78, 5) is 0. The summed E-state index contributed by atoms with van der Waals surface area (Å²) in [5.74, 6) is -0.503. The average molecular weight is 401 g/mol. The molecule has 0 spiro atoms. The summed E-state index contributed by atoms with van der Waals surface area (Å²) >= 11 is 0. The largest absolute Gasteiger partial charge is 0.370 e. The van der Waals surface area contributed by atoms with Gasteiger partial charge in [0.2, 0.25) is 0 Å². The van der Waals surface area contributed by atoms with Gasteiger partial charge in [-0.3, -0.25) is 4.57 Å². The summed E-state index contributed by atoms with van der Waals surface area (Å²) < 4.78 is 20.8. The van der Waals surface area contributed by atoms with Crippen LogP contribution in [0.3, 0.4) is 0 Å². The molecule has 0 unspecified atom stereocenters. The minimum absolute atomic E-state index is 0.361. The van der Waals surface area contributed by atoms with E-state index < -0.39 is 13.2 Å². The standard InChI is InChI=1S/C25H24NO2P/c1-2-28-29(27,24-19-11-15-20-12-9-10-18-23(20)24)25(21-13-5-3-6-14-21)26-22-16-7-4-8-17-22/h3-19,25-26H,2H2,1H3/t25-,29+/m0/s1. The molecule has 0 aromatic heterocycles. The number of anilines is 1. The van der Waals surface area contributed by atoms with E-state index in [9.17, 15) is 4.57 Å². The zero-order chi connectivity index (χ0) is 20.1. The summed E-state index contributed by atoms with van der Waals surface area (Å²) in [7, 11) is -3.33. The van der Waals surface area contributed by atoms with E-state index in [0.717, 1.165) is 27.3 Å². The summed E-state index contributed by atoms with van der Waals surface area (Å²) in [6.45, 7) is 2.25. The zero-order valence-electron chi connectivity index (χ0n) is 16.4. The molecule has 0 radical (unpaired) electrons. The maximum absolute atomic E-state index is 14.6. The summed E-state index contributed by atoms with van der Waals surface area (Å²) in [6.07, 6.45) is 0. The molecular formula is C25H24NO2P. The highest BCUT2D eigenvalue weighted by Gasteiger charge is 2.38. The van der Waals surface area contributed by atoms with Gasteiger partial charge < -0.3 is 9.84 Å². The molecule has 0 heterocycles. The Kier molecular flexibility index (Phi) is 5.80. The van der Waals surface area contributed by atoms with E-state index in [4.69, 9.17) is 4.52 Å². The Morgan fingerprint density at radius 3 is 2.14 bits per heavy atom. The predicted molar refractivity (Wildman–Crippen MR) is 122 cm³/mol. The molecule has 2 atom stereocenters. The normalized spacial score (nSPS) is 14.2. The Morgan fingerprint density at radius 2 is 1.41 bits per heavy atom. The van der Waals surface area contributed by atoms with Gasteiger partial charge in [-0.05, 0) is 41.5 Å². The van der Waals surface area contributed by atoms with E-state index in [1.54, 1.807) is 0 Å². The number of nitrogens with one attached hydrogen (secondary N) is 1. The molecule has 0 fully saturated rings. The second-order valence-electron chi connectivity index (χ2n) is 6.84. The van der Waals surface area contributed by atoms with E-state index in [-0.39, 0.29) is 0 Å². The van der Waals surface area contributed by atoms with Crippen LogP contribution in [-0.4, -0.2) is 6.61 Å². The first-order valence-corrected chi connectivity index (χ1v) is 11.5. The van der Waals surface area contributed by atoms with Crippen LogP contribution in [0.5, 0.6) is 0 Å². The summed E-state index contributed by atoms with van der Waals surface area (Å²) in [5.41, 5.74) is 1.84. The minimum atomic E-state index is -3.33. The lowest BCUT2D eigenvalue weighted by atomic mass is 10.1. The van der Waals surface area contributed by atoms with Crippen molar-refractivity contribution < 1.29 is 9.09 Å². The molecule has 0 amide bonds. The van der Waals surface area contributed by atoms with Crippen LogP contribution in [0.1, 0.15) is 18.3 Å². The minimum Gasteiger partial charge on any atom is -0.370 e. The molecule has 0 aliphatic heterocycles. The van der Waals surface area contributed by atoms with Gasteiger partial charge in [-0.2, -0.15) is 0 Å². The second kappa shape index (κ2) is 8.65. The fraction of sp³-hybridized carbons (Fsp3) is 0.120. The van der Waals surface area contributed by atoms with Crippen molar-refractivity contribution >= 4 is 29.1 Å². The number of hydrogen-bond acceptors (Lipinski definition) is 3. The van der Waals surface area contributed by atoms with Crippen LogP contribution in [0.4, 0.5) is 5.69 Å². The first kappa shape index (κ1) is 19.4. The number of fused-ring (bicyclic) bond motifs is 1. The van der Waals surface area contributed by atoms with Crippen molar-refractivity contribution in [1.82, 2.24) is 0 Å². The summed E-state index contributed by atoms with van der Waals surface area (Å²) in [6, 6.07) is 33.7. The molecule has 3 nitrogen and oxygen atoms in total. The van der Waals surface area contributed by atoms with Crippen LogP contribution in [0.15, 0.2) is 103 Å². The van der Waals surface area contributed by atoms with Gasteiger partial charge in [0.1, 0.15) is 5.78 Å². The maximum atomic E-state index is 14.6. The summed E-state index contributed by atoms with van der Waals surface area (Å²) in [5, 5.41) is 6.25. The fourth-order valence-corrected chi connectivity index (χ4v) is 6.31. The lowest BCUT2D eigenvalue weighted by molar-refractivity contribution is 0.335. The van der Waals surface area contributed by atoms with Crippen LogP contribution < -0.4 is 10.6 Å². The molecule has 4 aromatic rings. The maximum Gasteiger partial charge on any atom is 0.258 e. The molecule has 4 rings (SSSR count). The smallest absolute Gasteiger partial charge is 0.258 e. The lowest BCUT2D eigenvalue weighted by Crippen LogP contribution is -2.21. The molecule has 1 N–H and O–H groups in total. The van der Waals surface area contributed by atoms with Crippen molar-refractivity contribution in [1.29, 1.82) is 0 Å². The monoisotopic (exact) mass is 401 g/mol. The van der Waals surface area contributed by atoms with E-state index in [2.05, 4.69) is 5.32 Å². The van der Waals surface area contributed by atoms with Gasteiger partial charge >= 0.3 is 0 Å². The highest BCUT2D eigenvalue weighted by Crippen LogP contribution is 2.59. The molecule has 0 aliphatic carbocycles. The number of rotatable bonds is 7. The average Bonchev–Trinajstić information content (AvgIpc) is 2.78. The Balaban J connectivity index is 1.91. The van der Waals surface area contributed by atoms with E-state index >= 15 is 0 Å². The Labute approximate surface area is 171 Å². The van der Waals surface area contributed by atoms with E-state index in [1.165, 1.54) is 0 Å². The highest BCUT2D eigenvalue weighted by atomic mass is 31.2. The quantitative estimate of drug-likeness (QED) is 0.355. The van der Waals surface area contributed by atoms with Gasteiger partial charge in [-0.1, -0.05) is 84.9 Å². The van der Waals surface area contributed by atoms with Gasteiger partial charge in [0.05, 0.1) is 6.61 Å². The first-order chi connectivity index (χ1) is 14.2. The van der Waals surface area contributed by atoms with Gasteiger partial charge in [0.15, 0.2) is 0 Å². The fourth-order valence-electron chi connectivity index (χ4n) is 3.65. The van der Waals surface area contributed by atoms with Crippen molar-refractivity contribution in [3.63, 3.8) is 0 Å². The van der Waals surface area contributed by atoms with Crippen molar-refractivity contribution in [2.24, 2.45) is 0 Å². The molecule has 0 bridgehead atoms. The molecular weight excluding hydrogens is 377 g/mol. The van der Waals surface area contributed by atoms with E-state index in [1.807, 2.05) is 110 Å². The van der Waals surface area contributed by atoms with Crippen LogP contribution in [0.2, 0.25) is 0 Å². The van der Waals surface area contributed by atoms with Crippen molar-refractivity contribution in [3.8, 4) is 0 Å². The van der Waals surface area contributed by atoms with Gasteiger partial charge in [0, 0.05) is 11.0 Å². The van der Waals surface area contributed by atoms with Crippen LogP contribution >= 0.6 is 7.37 Å². The SMILES string of the molecule is CCO[P@](=O)(c1cccc2ccccc12)[C@H](Nc1ccccc1)c1ccccc1. The number of benzene rings is 4. The van der Waals surface area contributed by atoms with Crippen LogP contribution in [-0.2, 0) is 9.09 Å². The third kappa shape index (κ3) is 3.98. The Hall–Kier alpha value is -2.87. The van der Waals surface area contributed by atoms with Gasteiger partial charge in [-0.15, -0.1) is 0 Å². The highest BCUT2D eigenvalue weighted by molar-refractivity contribution is 7.68. The lowest BCUT2D eigenvalue weighted by Gasteiger charge is -2.30. The molecule has 4 aromatic carbocycles. The molecule has 146 valence electrons. The van der Waals surface area contributed by atoms with Crippen molar-refractivity contribution in [3.05, 3.63) is 109 Å². The molecule has 4 heteroatoms. The molecule has 29 heavy (non-hydrogen) atoms. The van der Waals surface area contributed by atoms with Gasteiger partial charge in [0.25, 0.3) is 7.37 Å².